The summed E-state index contributed by atoms with van der Waals surface area (Å²) in [5.41, 5.74) is 0. The first-order valence-electron chi connectivity index (χ1n) is 7.50. The summed E-state index contributed by atoms with van der Waals surface area (Å²) in [5, 5.41) is 9.69. The summed E-state index contributed by atoms with van der Waals surface area (Å²) in [6, 6.07) is -0.262. The van der Waals surface area contributed by atoms with Crippen molar-refractivity contribution in [3.63, 3.8) is 0 Å². The van der Waals surface area contributed by atoms with Crippen LogP contribution in [0.4, 0.5) is 18.0 Å². The SMILES string of the molecule is C[C@H]1[C@@H]2CCC[C@H]([C@H](O)C(F)(F)F)[C@H]2C[C@@H]2COC(=O)N21. The molecule has 2 saturated heterocycles. The van der Waals surface area contributed by atoms with Gasteiger partial charge in [0.05, 0.1) is 6.04 Å². The van der Waals surface area contributed by atoms with Crippen LogP contribution in [0.2, 0.25) is 0 Å². The van der Waals surface area contributed by atoms with E-state index in [9.17, 15) is 23.1 Å². The summed E-state index contributed by atoms with van der Waals surface area (Å²) in [5.74, 6) is -0.937. The zero-order valence-electron chi connectivity index (χ0n) is 11.8. The molecule has 0 bridgehead atoms. The number of carbonyl (C=O) groups excluding carboxylic acids is 1. The van der Waals surface area contributed by atoms with Crippen LogP contribution in [0.5, 0.6) is 0 Å². The van der Waals surface area contributed by atoms with Gasteiger partial charge in [-0.15, -0.1) is 0 Å². The molecule has 3 rings (SSSR count). The van der Waals surface area contributed by atoms with Crippen molar-refractivity contribution in [3.05, 3.63) is 0 Å². The molecule has 4 nitrogen and oxygen atoms in total. The van der Waals surface area contributed by atoms with Gasteiger partial charge in [-0.3, -0.25) is 4.90 Å². The van der Waals surface area contributed by atoms with Gasteiger partial charge in [-0.05, 0) is 43.9 Å². The standard InChI is InChI=1S/C14H20F3NO3/c1-7-9-3-2-4-10(12(19)14(15,16)17)11(9)5-8-6-21-13(20)18(7)8/h7-12,19H,2-6H2,1H3/t7-,8+,9-,10-,11-,12-/m0/s1. The van der Waals surface area contributed by atoms with Crippen LogP contribution >= 0.6 is 0 Å². The Balaban J connectivity index is 1.83. The minimum absolute atomic E-state index is 0.0163. The number of hydrogen-bond acceptors (Lipinski definition) is 3. The number of nitrogens with zero attached hydrogens (tertiary/aromatic N) is 1. The van der Waals surface area contributed by atoms with Crippen molar-refractivity contribution in [1.82, 2.24) is 4.90 Å². The first-order valence-corrected chi connectivity index (χ1v) is 7.50. The quantitative estimate of drug-likeness (QED) is 0.810. The van der Waals surface area contributed by atoms with E-state index >= 15 is 0 Å². The Kier molecular flexibility index (Phi) is 3.58. The number of alkyl halides is 3. The van der Waals surface area contributed by atoms with Gasteiger partial charge in [-0.1, -0.05) is 6.42 Å². The predicted molar refractivity (Wildman–Crippen MR) is 67.4 cm³/mol. The Labute approximate surface area is 121 Å². The molecule has 1 N–H and O–H groups in total. The molecule has 1 amide bonds. The van der Waals surface area contributed by atoms with Gasteiger partial charge in [0.25, 0.3) is 0 Å². The molecule has 3 aliphatic rings. The van der Waals surface area contributed by atoms with E-state index < -0.39 is 18.2 Å². The molecule has 6 atom stereocenters. The third-order valence-corrected chi connectivity index (χ3v) is 5.52. The smallest absolute Gasteiger partial charge is 0.414 e. The summed E-state index contributed by atoms with van der Waals surface area (Å²) in [6.45, 7) is 2.14. The van der Waals surface area contributed by atoms with Crippen molar-refractivity contribution in [2.24, 2.45) is 17.8 Å². The lowest BCUT2D eigenvalue weighted by Crippen LogP contribution is -2.57. The summed E-state index contributed by atoms with van der Waals surface area (Å²) >= 11 is 0. The summed E-state index contributed by atoms with van der Waals surface area (Å²) in [7, 11) is 0. The van der Waals surface area contributed by atoms with E-state index in [-0.39, 0.29) is 36.6 Å². The molecule has 0 aromatic rings. The van der Waals surface area contributed by atoms with Crippen molar-refractivity contribution in [2.45, 2.75) is 57.0 Å². The van der Waals surface area contributed by atoms with Crippen LogP contribution in [-0.2, 0) is 4.74 Å². The first-order chi connectivity index (χ1) is 9.80. The van der Waals surface area contributed by atoms with Gasteiger partial charge in [0, 0.05) is 6.04 Å². The molecule has 120 valence electrons. The minimum Gasteiger partial charge on any atom is -0.447 e. The second-order valence-corrected chi connectivity index (χ2v) is 6.52. The van der Waals surface area contributed by atoms with Crippen LogP contribution in [0.3, 0.4) is 0 Å². The van der Waals surface area contributed by atoms with Crippen LogP contribution in [0.1, 0.15) is 32.6 Å². The fourth-order valence-corrected chi connectivity index (χ4v) is 4.59. The molecular weight excluding hydrogens is 287 g/mol. The molecule has 3 fully saturated rings. The lowest BCUT2D eigenvalue weighted by Gasteiger charge is -2.50. The Morgan fingerprint density at radius 3 is 2.71 bits per heavy atom. The van der Waals surface area contributed by atoms with Gasteiger partial charge < -0.3 is 9.84 Å². The van der Waals surface area contributed by atoms with Crippen molar-refractivity contribution >= 4 is 6.09 Å². The number of fused-ring (bicyclic) bond motifs is 2. The molecule has 1 saturated carbocycles. The summed E-state index contributed by atoms with van der Waals surface area (Å²) in [6.07, 6.45) is -4.82. The first kappa shape index (κ1) is 14.9. The lowest BCUT2D eigenvalue weighted by molar-refractivity contribution is -0.233. The van der Waals surface area contributed by atoms with Crippen LogP contribution in [0, 0.1) is 17.8 Å². The van der Waals surface area contributed by atoms with E-state index in [2.05, 4.69) is 0 Å². The van der Waals surface area contributed by atoms with E-state index in [1.165, 1.54) is 0 Å². The number of amides is 1. The highest BCUT2D eigenvalue weighted by Gasteiger charge is 2.55. The molecule has 1 aliphatic carbocycles. The molecule has 0 aromatic heterocycles. The molecular formula is C14H20F3NO3. The highest BCUT2D eigenvalue weighted by Crippen LogP contribution is 2.49. The predicted octanol–water partition coefficient (Wildman–Crippen LogP) is 2.56. The fourth-order valence-electron chi connectivity index (χ4n) is 4.59. The number of aliphatic hydroxyl groups excluding tert-OH is 1. The van der Waals surface area contributed by atoms with Gasteiger partial charge in [-0.25, -0.2) is 4.79 Å². The van der Waals surface area contributed by atoms with Crippen LogP contribution in [-0.4, -0.2) is 47.1 Å². The topological polar surface area (TPSA) is 49.8 Å². The average molecular weight is 307 g/mol. The van der Waals surface area contributed by atoms with Crippen LogP contribution in [0.15, 0.2) is 0 Å². The lowest BCUT2D eigenvalue weighted by atomic mass is 9.63. The van der Waals surface area contributed by atoms with Gasteiger partial charge in [0.2, 0.25) is 0 Å². The van der Waals surface area contributed by atoms with Crippen LogP contribution in [0.25, 0.3) is 0 Å². The maximum absolute atomic E-state index is 12.9. The van der Waals surface area contributed by atoms with Gasteiger partial charge >= 0.3 is 12.3 Å². The summed E-state index contributed by atoms with van der Waals surface area (Å²) in [4.78, 5) is 13.4. The third-order valence-electron chi connectivity index (χ3n) is 5.52. The van der Waals surface area contributed by atoms with Gasteiger partial charge in [0.15, 0.2) is 6.10 Å². The highest BCUT2D eigenvalue weighted by molar-refractivity contribution is 5.70. The Morgan fingerprint density at radius 2 is 2.05 bits per heavy atom. The fraction of sp³-hybridized carbons (Fsp3) is 0.929. The van der Waals surface area contributed by atoms with E-state index in [0.29, 0.717) is 19.3 Å². The second-order valence-electron chi connectivity index (χ2n) is 6.52. The van der Waals surface area contributed by atoms with E-state index in [4.69, 9.17) is 4.74 Å². The second kappa shape index (κ2) is 5.04. The molecule has 0 spiro atoms. The Bertz CT molecular complexity index is 428. The van der Waals surface area contributed by atoms with E-state index in [1.54, 1.807) is 4.90 Å². The third kappa shape index (κ3) is 2.39. The number of rotatable bonds is 1. The Morgan fingerprint density at radius 1 is 1.33 bits per heavy atom. The number of carbonyl (C=O) groups is 1. The molecule has 0 aromatic carbocycles. The molecule has 21 heavy (non-hydrogen) atoms. The monoisotopic (exact) mass is 307 g/mol. The van der Waals surface area contributed by atoms with Gasteiger partial charge in [-0.2, -0.15) is 13.2 Å². The molecule has 0 unspecified atom stereocenters. The van der Waals surface area contributed by atoms with Crippen LogP contribution < -0.4 is 0 Å². The van der Waals surface area contributed by atoms with Crippen molar-refractivity contribution < 1.29 is 27.8 Å². The van der Waals surface area contributed by atoms with Crippen molar-refractivity contribution in [1.29, 1.82) is 0 Å². The normalized spacial score (nSPS) is 41.3. The maximum atomic E-state index is 12.9. The Hall–Kier alpha value is -0.980. The molecule has 2 aliphatic heterocycles. The molecule has 0 radical (unpaired) electrons. The van der Waals surface area contributed by atoms with E-state index in [1.807, 2.05) is 6.92 Å². The van der Waals surface area contributed by atoms with E-state index in [0.717, 1.165) is 6.42 Å². The minimum atomic E-state index is -4.57. The van der Waals surface area contributed by atoms with Gasteiger partial charge in [0.1, 0.15) is 6.61 Å². The summed E-state index contributed by atoms with van der Waals surface area (Å²) < 4.78 is 43.7. The van der Waals surface area contributed by atoms with Crippen molar-refractivity contribution in [3.8, 4) is 0 Å². The number of piperidine rings is 1. The maximum Gasteiger partial charge on any atom is 0.414 e. The zero-order valence-corrected chi connectivity index (χ0v) is 11.8. The van der Waals surface area contributed by atoms with Crippen molar-refractivity contribution in [2.75, 3.05) is 6.61 Å². The molecule has 7 heteroatoms. The number of ether oxygens (including phenoxy) is 1. The average Bonchev–Trinajstić information content (AvgIpc) is 2.78. The number of hydrogen-bond donors (Lipinski definition) is 1. The number of aliphatic hydroxyl groups is 1. The zero-order chi connectivity index (χ0) is 15.4. The number of cyclic esters (lactones) is 1. The molecule has 2 heterocycles. The highest BCUT2D eigenvalue weighted by atomic mass is 19.4. The largest absolute Gasteiger partial charge is 0.447 e. The number of halogens is 3.